The van der Waals surface area contributed by atoms with Gasteiger partial charge < -0.3 is 16.4 Å². The van der Waals surface area contributed by atoms with Crippen molar-refractivity contribution >= 4 is 11.9 Å². The first-order chi connectivity index (χ1) is 2.64. The molecule has 48 valence electrons. The number of carbonyl (C=O) groups is 2. The van der Waals surface area contributed by atoms with Crippen molar-refractivity contribution in [1.29, 1.82) is 0 Å². The summed E-state index contributed by atoms with van der Waals surface area (Å²) >= 11 is 0. The Kier molecular flexibility index (Phi) is 12.6. The van der Waals surface area contributed by atoms with Crippen molar-refractivity contribution in [2.75, 3.05) is 0 Å². The van der Waals surface area contributed by atoms with Gasteiger partial charge in [0.15, 0.2) is 0 Å². The average molecular weight is 159 g/mol. The summed E-state index contributed by atoms with van der Waals surface area (Å²) in [5.74, 6) is -3.65. The first-order valence-electron chi connectivity index (χ1n) is 1.11. The van der Waals surface area contributed by atoms with Gasteiger partial charge in [0.05, 0.1) is 0 Å². The molecule has 0 unspecified atom stereocenters. The van der Waals surface area contributed by atoms with Crippen molar-refractivity contribution in [3.05, 3.63) is 0 Å². The van der Waals surface area contributed by atoms with E-state index in [1.54, 1.807) is 0 Å². The van der Waals surface area contributed by atoms with Crippen molar-refractivity contribution < 1.29 is 37.2 Å². The van der Waals surface area contributed by atoms with Gasteiger partial charge in [0.2, 0.25) is 0 Å². The maximum Gasteiger partial charge on any atom is 0.414 e. The molecular weight excluding hydrogens is 154 g/mol. The second-order valence-electron chi connectivity index (χ2n) is 0.610. The summed E-state index contributed by atoms with van der Waals surface area (Å²) in [5.41, 5.74) is 0. The molecule has 0 saturated carbocycles. The van der Waals surface area contributed by atoms with Crippen LogP contribution in [0.15, 0.2) is 0 Å². The van der Waals surface area contributed by atoms with Crippen LogP contribution >= 0.6 is 0 Å². The summed E-state index contributed by atoms with van der Waals surface area (Å²) in [6.45, 7) is 0. The molecule has 0 aromatic carbocycles. The molecule has 0 bridgehead atoms. The SMILES string of the molecule is N.O=C(O)C(=O)O.[Cr]. The summed E-state index contributed by atoms with van der Waals surface area (Å²) in [7, 11) is 0. The monoisotopic (exact) mass is 159 g/mol. The maximum absolute atomic E-state index is 9.10. The fraction of sp³-hybridized carbons (Fsp3) is 0. The zero-order valence-corrected chi connectivity index (χ0v) is 5.10. The summed E-state index contributed by atoms with van der Waals surface area (Å²) < 4.78 is 0. The summed E-state index contributed by atoms with van der Waals surface area (Å²) in [6.07, 6.45) is 0. The van der Waals surface area contributed by atoms with Crippen LogP contribution < -0.4 is 6.15 Å². The molecule has 0 saturated heterocycles. The van der Waals surface area contributed by atoms with Crippen molar-refractivity contribution in [2.24, 2.45) is 0 Å². The largest absolute Gasteiger partial charge is 0.473 e. The fourth-order valence-electron chi connectivity index (χ4n) is 0. The Morgan fingerprint density at radius 1 is 1.00 bits per heavy atom. The first-order valence-corrected chi connectivity index (χ1v) is 1.11. The van der Waals surface area contributed by atoms with E-state index in [0.717, 1.165) is 0 Å². The smallest absolute Gasteiger partial charge is 0.414 e. The molecule has 0 aromatic heterocycles. The first kappa shape index (κ1) is 15.7. The molecule has 0 aliphatic carbocycles. The number of rotatable bonds is 0. The van der Waals surface area contributed by atoms with Crippen molar-refractivity contribution in [3.8, 4) is 0 Å². The topological polar surface area (TPSA) is 110 Å². The Hall–Kier alpha value is -0.568. The van der Waals surface area contributed by atoms with Gasteiger partial charge in [-0.2, -0.15) is 0 Å². The minimum atomic E-state index is -1.82. The number of hydrogen-bond donors (Lipinski definition) is 3. The van der Waals surface area contributed by atoms with E-state index in [1.807, 2.05) is 0 Å². The van der Waals surface area contributed by atoms with Gasteiger partial charge in [0.25, 0.3) is 0 Å². The van der Waals surface area contributed by atoms with Gasteiger partial charge in [-0.25, -0.2) is 9.59 Å². The second kappa shape index (κ2) is 6.43. The number of aliphatic carboxylic acids is 2. The van der Waals surface area contributed by atoms with E-state index in [-0.39, 0.29) is 23.5 Å². The van der Waals surface area contributed by atoms with Crippen LogP contribution in [0.2, 0.25) is 0 Å². The van der Waals surface area contributed by atoms with Gasteiger partial charge in [-0.3, -0.25) is 0 Å². The molecule has 0 spiro atoms. The Balaban J connectivity index is -0.000000125. The molecule has 8 heavy (non-hydrogen) atoms. The van der Waals surface area contributed by atoms with E-state index >= 15 is 0 Å². The third-order valence-corrected chi connectivity index (χ3v) is 0.183. The van der Waals surface area contributed by atoms with Crippen LogP contribution in [0.3, 0.4) is 0 Å². The van der Waals surface area contributed by atoms with Crippen LogP contribution in [0.1, 0.15) is 0 Å². The van der Waals surface area contributed by atoms with Crippen LogP contribution in [0.5, 0.6) is 0 Å². The summed E-state index contributed by atoms with van der Waals surface area (Å²) in [6, 6.07) is 0. The second-order valence-corrected chi connectivity index (χ2v) is 0.610. The van der Waals surface area contributed by atoms with Crippen molar-refractivity contribution in [2.45, 2.75) is 0 Å². The van der Waals surface area contributed by atoms with E-state index in [9.17, 15) is 0 Å². The molecule has 0 aliphatic rings. The Labute approximate surface area is 56.0 Å². The van der Waals surface area contributed by atoms with E-state index < -0.39 is 11.9 Å². The molecule has 6 heteroatoms. The summed E-state index contributed by atoms with van der Waals surface area (Å²) in [5, 5.41) is 14.8. The Morgan fingerprint density at radius 3 is 1.12 bits per heavy atom. The molecule has 5 nitrogen and oxygen atoms in total. The molecule has 0 fully saturated rings. The van der Waals surface area contributed by atoms with Gasteiger partial charge in [-0.1, -0.05) is 0 Å². The zero-order valence-electron chi connectivity index (χ0n) is 3.83. The molecule has 0 aromatic rings. The van der Waals surface area contributed by atoms with Crippen molar-refractivity contribution in [3.63, 3.8) is 0 Å². The van der Waals surface area contributed by atoms with E-state index in [1.165, 1.54) is 0 Å². The van der Waals surface area contributed by atoms with Crippen LogP contribution in [-0.2, 0) is 27.0 Å². The molecule has 0 atom stereocenters. The molecule has 5 N–H and O–H groups in total. The predicted octanol–water partition coefficient (Wildman–Crippen LogP) is -0.685. The van der Waals surface area contributed by atoms with Crippen LogP contribution in [0.4, 0.5) is 0 Å². The van der Waals surface area contributed by atoms with Gasteiger partial charge in [-0.15, -0.1) is 0 Å². The van der Waals surface area contributed by atoms with Crippen LogP contribution in [-0.4, -0.2) is 22.2 Å². The van der Waals surface area contributed by atoms with Crippen LogP contribution in [0.25, 0.3) is 0 Å². The standard InChI is InChI=1S/C2H2O4.Cr.H3N/c3-1(4)2(5)6;;/h(H,3,4)(H,5,6);;1H3. The van der Waals surface area contributed by atoms with E-state index in [0.29, 0.717) is 0 Å². The normalized spacial score (nSPS) is 5.50. The minimum Gasteiger partial charge on any atom is -0.473 e. The van der Waals surface area contributed by atoms with Gasteiger partial charge in [0, 0.05) is 17.4 Å². The molecule has 0 amide bonds. The summed E-state index contributed by atoms with van der Waals surface area (Å²) in [4.78, 5) is 18.2. The van der Waals surface area contributed by atoms with Gasteiger partial charge in [0.1, 0.15) is 0 Å². The maximum atomic E-state index is 9.10. The third-order valence-electron chi connectivity index (χ3n) is 0.183. The van der Waals surface area contributed by atoms with Crippen LogP contribution in [0, 0.1) is 0 Å². The number of carboxylic acid groups (broad SMARTS) is 2. The molecule has 0 rings (SSSR count). The minimum absolute atomic E-state index is 0. The Morgan fingerprint density at radius 2 is 1.12 bits per heavy atom. The van der Waals surface area contributed by atoms with E-state index in [4.69, 9.17) is 19.8 Å². The number of carboxylic acids is 2. The van der Waals surface area contributed by atoms with Gasteiger partial charge in [-0.05, 0) is 0 Å². The quantitative estimate of drug-likeness (QED) is 0.405. The third kappa shape index (κ3) is 9.06. The Bertz CT molecular complexity index is 80.0. The molecule has 0 radical (unpaired) electrons. The predicted molar refractivity (Wildman–Crippen MR) is 20.3 cm³/mol. The zero-order chi connectivity index (χ0) is 5.15. The fourth-order valence-corrected chi connectivity index (χ4v) is 0. The van der Waals surface area contributed by atoms with E-state index in [2.05, 4.69) is 0 Å². The molecule has 0 aliphatic heterocycles. The number of hydrogen-bond acceptors (Lipinski definition) is 3. The van der Waals surface area contributed by atoms with Gasteiger partial charge >= 0.3 is 11.9 Å². The molecular formula is C2H5CrNO4. The molecule has 0 heterocycles. The average Bonchev–Trinajstić information content (AvgIpc) is 1.36. The van der Waals surface area contributed by atoms with Crippen molar-refractivity contribution in [1.82, 2.24) is 6.15 Å².